The van der Waals surface area contributed by atoms with E-state index in [0.717, 1.165) is 209 Å². The van der Waals surface area contributed by atoms with Crippen LogP contribution in [-0.4, -0.2) is 44.9 Å². The molecule has 690 valence electrons. The zero-order valence-corrected chi connectivity index (χ0v) is 79.4. The molecule has 30 aromatic rings. The number of aromatic nitrogens is 9. The molecule has 0 aliphatic carbocycles. The van der Waals surface area contributed by atoms with Gasteiger partial charge in [-0.1, -0.05) is 431 Å². The molecule has 7 heterocycles. The molecule has 0 fully saturated rings. The first-order valence-electron chi connectivity index (χ1n) is 49.5. The Morgan fingerprint density at radius 2 is 0.311 bits per heavy atom. The van der Waals surface area contributed by atoms with Crippen LogP contribution in [0.3, 0.4) is 0 Å². The molecule has 23 aromatic carbocycles. The minimum atomic E-state index is 0.593. The molecule has 0 radical (unpaired) electrons. The van der Waals surface area contributed by atoms with Crippen LogP contribution >= 0.6 is 0 Å². The van der Waals surface area contributed by atoms with Crippen LogP contribution in [0, 0.1) is 0 Å². The number of rotatable bonds is 13. The topological polar surface area (TPSA) is 169 Å². The van der Waals surface area contributed by atoms with Crippen molar-refractivity contribution >= 4 is 152 Å². The summed E-state index contributed by atoms with van der Waals surface area (Å²) in [6.45, 7) is 0. The van der Waals surface area contributed by atoms with Crippen molar-refractivity contribution in [1.29, 1.82) is 0 Å². The van der Waals surface area contributed by atoms with E-state index in [1.54, 1.807) is 0 Å². The maximum Gasteiger partial charge on any atom is 0.164 e. The fraction of sp³-hybridized carbons (Fsp3) is 0. The second-order valence-corrected chi connectivity index (χ2v) is 37.0. The molecule has 0 bridgehead atoms. The van der Waals surface area contributed by atoms with Gasteiger partial charge in [-0.2, -0.15) is 0 Å². The van der Waals surface area contributed by atoms with Gasteiger partial charge in [0.2, 0.25) is 0 Å². The van der Waals surface area contributed by atoms with Crippen LogP contribution in [0.1, 0.15) is 0 Å². The van der Waals surface area contributed by atoms with Crippen LogP contribution in [0.15, 0.2) is 509 Å². The molecule has 13 heteroatoms. The Kier molecular flexibility index (Phi) is 20.9. The van der Waals surface area contributed by atoms with E-state index >= 15 is 0 Å². The summed E-state index contributed by atoms with van der Waals surface area (Å²) in [6, 6.07) is 169. The Morgan fingerprint density at radius 1 is 0.101 bits per heavy atom. The lowest BCUT2D eigenvalue weighted by Crippen LogP contribution is -2.01. The van der Waals surface area contributed by atoms with Crippen LogP contribution in [0.4, 0.5) is 0 Å². The predicted molar refractivity (Wildman–Crippen MR) is 604 cm³/mol. The minimum absolute atomic E-state index is 0.593. The summed E-state index contributed by atoms with van der Waals surface area (Å²) >= 11 is 0. The fourth-order valence-corrected chi connectivity index (χ4v) is 21.6. The first-order valence-corrected chi connectivity index (χ1v) is 49.5. The standard InChI is InChI=1S/C47H27N3O2.C47H29N3O.C41H25N3O/c1-2-13-29(14-3-1)45-48-46(50-47(49-45)37-20-11-22-39-42(37)36-18-8-9-21-38(36)51-39)35-26-25-33(31-16-6-7-17-32(31)35)34-19-10-23-40-44(34)43-30-15-5-4-12-28(30)24-27-41(43)52-40;1-3-12-30(13-4-1)31-22-24-34(25-23-31)46-48-45(33-15-5-2-6-16-33)49-47(50-46)40-28-27-38(36-18-9-10-19-37(36)40)39-20-11-21-41-44(39)43-35-17-8-7-14-32(35)26-29-42(43)51-41;1-3-13-27(14-4-1)39-42-40(28-15-5-2-6-16-28)44-41(43-39)34-22-10-18-30-31(19-9-20-32(30)34)33-21-11-23-35-38(33)37-29-17-8-7-12-26(29)24-25-36(37)45-35/h1-27H;1-29H;1-25H. The van der Waals surface area contributed by atoms with Crippen molar-refractivity contribution in [2.24, 2.45) is 0 Å². The van der Waals surface area contributed by atoms with Crippen LogP contribution in [0.5, 0.6) is 0 Å². The van der Waals surface area contributed by atoms with Crippen LogP contribution in [0.2, 0.25) is 0 Å². The normalized spacial score (nSPS) is 11.6. The lowest BCUT2D eigenvalue weighted by atomic mass is 9.91. The molecule has 148 heavy (non-hydrogen) atoms. The minimum Gasteiger partial charge on any atom is -0.456 e. The molecule has 0 amide bonds. The van der Waals surface area contributed by atoms with Gasteiger partial charge < -0.3 is 17.7 Å². The second kappa shape index (κ2) is 36.1. The van der Waals surface area contributed by atoms with Gasteiger partial charge in [-0.3, -0.25) is 0 Å². The SMILES string of the molecule is c1ccc(-c2ccc(-c3nc(-c4ccccc4)nc(-c4ccc(-c5cccc6oc7ccc8ccccc8c7c56)c5ccccc45)n3)cc2)cc1.c1ccc(-c2nc(-c3ccc(-c4cccc5oc6ccc7ccccc7c6c45)c4ccccc34)nc(-c3cccc4oc5ccccc5c34)n2)cc1.c1ccc(-c2nc(-c3ccccc3)nc(-c3cccc4c(-c5cccc6oc7ccc8ccccc8c7c56)cccc34)n2)cc1. The van der Waals surface area contributed by atoms with Crippen molar-refractivity contribution < 1.29 is 17.7 Å². The van der Waals surface area contributed by atoms with Crippen molar-refractivity contribution in [1.82, 2.24) is 44.9 Å². The van der Waals surface area contributed by atoms with Gasteiger partial charge in [-0.05, 0) is 170 Å². The smallest absolute Gasteiger partial charge is 0.164 e. The van der Waals surface area contributed by atoms with E-state index in [9.17, 15) is 0 Å². The van der Waals surface area contributed by atoms with Gasteiger partial charge in [-0.15, -0.1) is 0 Å². The molecule has 30 rings (SSSR count). The number of para-hydroxylation sites is 1. The lowest BCUT2D eigenvalue weighted by Gasteiger charge is -2.14. The zero-order valence-electron chi connectivity index (χ0n) is 79.4. The van der Waals surface area contributed by atoms with E-state index in [0.29, 0.717) is 52.4 Å². The van der Waals surface area contributed by atoms with Gasteiger partial charge in [0.15, 0.2) is 52.4 Å². The van der Waals surface area contributed by atoms with E-state index in [1.165, 1.54) is 37.9 Å². The summed E-state index contributed by atoms with van der Waals surface area (Å²) < 4.78 is 25.6. The van der Waals surface area contributed by atoms with Crippen molar-refractivity contribution in [2.75, 3.05) is 0 Å². The monoisotopic (exact) mass is 1890 g/mol. The molecule has 0 spiro atoms. The average molecular weight is 1890 g/mol. The molecule has 0 saturated carbocycles. The Balaban J connectivity index is 0.000000107. The summed E-state index contributed by atoms with van der Waals surface area (Å²) in [5.74, 6) is 5.65. The van der Waals surface area contributed by atoms with Crippen molar-refractivity contribution in [3.05, 3.63) is 491 Å². The van der Waals surface area contributed by atoms with Crippen molar-refractivity contribution in [3.8, 4) is 147 Å². The van der Waals surface area contributed by atoms with Gasteiger partial charge in [0.1, 0.15) is 44.7 Å². The molecule has 0 unspecified atom stereocenters. The largest absolute Gasteiger partial charge is 0.456 e. The molecular weight excluding hydrogens is 1810 g/mol. The summed E-state index contributed by atoms with van der Waals surface area (Å²) in [5, 5.41) is 22.5. The van der Waals surface area contributed by atoms with E-state index in [2.05, 4.69) is 334 Å². The van der Waals surface area contributed by atoms with E-state index < -0.39 is 0 Å². The summed E-state index contributed by atoms with van der Waals surface area (Å²) in [7, 11) is 0. The molecular formula is C135H81N9O4. The summed E-state index contributed by atoms with van der Waals surface area (Å²) in [6.07, 6.45) is 0. The number of fused-ring (bicyclic) bond motifs is 21. The molecule has 0 aliphatic heterocycles. The Morgan fingerprint density at radius 3 is 0.689 bits per heavy atom. The Labute approximate surface area is 847 Å². The highest BCUT2D eigenvalue weighted by atomic mass is 16.3. The van der Waals surface area contributed by atoms with Gasteiger partial charge in [-0.25, -0.2) is 44.9 Å². The quantitative estimate of drug-likeness (QED) is 0.107. The van der Waals surface area contributed by atoms with Crippen LogP contribution < -0.4 is 0 Å². The molecule has 13 nitrogen and oxygen atoms in total. The van der Waals surface area contributed by atoms with Gasteiger partial charge in [0, 0.05) is 93.2 Å². The Bertz CT molecular complexity index is 10500. The predicted octanol–water partition coefficient (Wildman–Crippen LogP) is 35.8. The highest BCUT2D eigenvalue weighted by Crippen LogP contribution is 2.50. The zero-order chi connectivity index (χ0) is 97.6. The molecule has 0 aliphatic rings. The highest BCUT2D eigenvalue weighted by Gasteiger charge is 2.27. The van der Waals surface area contributed by atoms with Crippen LogP contribution in [-0.2, 0) is 0 Å². The highest BCUT2D eigenvalue weighted by molar-refractivity contribution is 6.28. The molecule has 0 atom stereocenters. The second-order valence-electron chi connectivity index (χ2n) is 37.0. The lowest BCUT2D eigenvalue weighted by molar-refractivity contribution is 0.668. The number of hydrogen-bond acceptors (Lipinski definition) is 13. The molecule has 7 aromatic heterocycles. The third-order valence-corrected chi connectivity index (χ3v) is 28.5. The summed E-state index contributed by atoms with van der Waals surface area (Å²) in [5.41, 5.74) is 24.4. The van der Waals surface area contributed by atoms with Gasteiger partial charge in [0.25, 0.3) is 0 Å². The van der Waals surface area contributed by atoms with Gasteiger partial charge >= 0.3 is 0 Å². The summed E-state index contributed by atoms with van der Waals surface area (Å²) in [4.78, 5) is 45.6. The van der Waals surface area contributed by atoms with E-state index in [1.807, 2.05) is 158 Å². The van der Waals surface area contributed by atoms with E-state index in [4.69, 9.17) is 62.5 Å². The number of benzene rings is 23. The van der Waals surface area contributed by atoms with Crippen molar-refractivity contribution in [2.45, 2.75) is 0 Å². The van der Waals surface area contributed by atoms with Gasteiger partial charge in [0.05, 0.1) is 0 Å². The number of furan rings is 4. The Hall–Kier alpha value is -20.2. The van der Waals surface area contributed by atoms with Crippen LogP contribution in [0.25, 0.3) is 299 Å². The fourth-order valence-electron chi connectivity index (χ4n) is 21.6. The molecule has 0 N–H and O–H groups in total. The number of hydrogen-bond donors (Lipinski definition) is 0. The van der Waals surface area contributed by atoms with E-state index in [-0.39, 0.29) is 0 Å². The third kappa shape index (κ3) is 15.1. The maximum absolute atomic E-state index is 6.46. The van der Waals surface area contributed by atoms with Crippen molar-refractivity contribution in [3.63, 3.8) is 0 Å². The average Bonchev–Trinajstić information content (AvgIpc) is 1.53. The number of nitrogens with zero attached hydrogens (tertiary/aromatic N) is 9. The third-order valence-electron chi connectivity index (χ3n) is 28.5. The molecule has 0 saturated heterocycles. The maximum atomic E-state index is 6.46. The first-order chi connectivity index (χ1) is 73.4. The first kappa shape index (κ1) is 85.8.